The first-order chi connectivity index (χ1) is 17.9. The van der Waals surface area contributed by atoms with Gasteiger partial charge in [0.2, 0.25) is 5.91 Å². The molecule has 3 aromatic rings. The standard InChI is InChI=1S/C27H31FN4O5/c1-36-15-23(34)31-11-9-27(10-12-31)16-32(26(35)30-20-6-4-3-5-19(20)28)22(14-33)25-24(27)18-8-7-17(37-2)13-21(18)29-25/h3-8,13,22,29,33H,9-12,14-16H2,1-2H3,(H,30,35)/t22-/m0/s1. The van der Waals surface area contributed by atoms with E-state index in [1.807, 2.05) is 18.2 Å². The Morgan fingerprint density at radius 2 is 1.95 bits per heavy atom. The van der Waals surface area contributed by atoms with Crippen LogP contribution in [0.3, 0.4) is 0 Å². The molecule has 3 N–H and O–H groups in total. The molecule has 1 atom stereocenters. The topological polar surface area (TPSA) is 107 Å². The molecule has 37 heavy (non-hydrogen) atoms. The number of hydrogen-bond donors (Lipinski definition) is 3. The molecule has 0 bridgehead atoms. The van der Waals surface area contributed by atoms with Crippen molar-refractivity contribution in [2.45, 2.75) is 24.3 Å². The monoisotopic (exact) mass is 510 g/mol. The van der Waals surface area contributed by atoms with E-state index in [4.69, 9.17) is 9.47 Å². The number of hydrogen-bond acceptors (Lipinski definition) is 5. The SMILES string of the molecule is COCC(=O)N1CCC2(CC1)CN(C(=O)Nc1ccccc1F)[C@@H](CO)c1[nH]c3cc(OC)ccc3c12. The number of aliphatic hydroxyl groups excluding tert-OH is 1. The number of urea groups is 1. The van der Waals surface area contributed by atoms with E-state index < -0.39 is 23.3 Å². The lowest BCUT2D eigenvalue weighted by Gasteiger charge is -2.50. The molecule has 2 aliphatic rings. The van der Waals surface area contributed by atoms with Gasteiger partial charge in [0, 0.05) is 54.8 Å². The first kappa shape index (κ1) is 25.0. The van der Waals surface area contributed by atoms with Crippen molar-refractivity contribution in [1.82, 2.24) is 14.8 Å². The van der Waals surface area contributed by atoms with Gasteiger partial charge in [-0.05, 0) is 42.7 Å². The zero-order valence-corrected chi connectivity index (χ0v) is 20.9. The van der Waals surface area contributed by atoms with E-state index in [2.05, 4.69) is 10.3 Å². The average Bonchev–Trinajstić information content (AvgIpc) is 3.30. The minimum Gasteiger partial charge on any atom is -0.497 e. The van der Waals surface area contributed by atoms with Crippen molar-refractivity contribution in [2.24, 2.45) is 0 Å². The molecule has 3 heterocycles. The van der Waals surface area contributed by atoms with Crippen molar-refractivity contribution in [3.05, 3.63) is 59.5 Å². The number of methoxy groups -OCH3 is 2. The van der Waals surface area contributed by atoms with Gasteiger partial charge in [-0.15, -0.1) is 0 Å². The number of nitrogens with zero attached hydrogens (tertiary/aromatic N) is 2. The molecule has 1 spiro atoms. The average molecular weight is 511 g/mol. The third-order valence-corrected chi connectivity index (χ3v) is 7.64. The molecule has 0 radical (unpaired) electrons. The van der Waals surface area contributed by atoms with Crippen molar-refractivity contribution in [3.8, 4) is 5.75 Å². The quantitative estimate of drug-likeness (QED) is 0.488. The van der Waals surface area contributed by atoms with Crippen LogP contribution in [0.1, 0.15) is 30.1 Å². The predicted molar refractivity (Wildman–Crippen MR) is 136 cm³/mol. The van der Waals surface area contributed by atoms with Crippen LogP contribution in [0.4, 0.5) is 14.9 Å². The largest absolute Gasteiger partial charge is 0.497 e. The van der Waals surface area contributed by atoms with Gasteiger partial charge in [0.25, 0.3) is 0 Å². The lowest BCUT2D eigenvalue weighted by Crippen LogP contribution is -2.56. The molecule has 0 unspecified atom stereocenters. The van der Waals surface area contributed by atoms with Crippen LogP contribution in [-0.4, -0.2) is 78.9 Å². The van der Waals surface area contributed by atoms with Gasteiger partial charge in [-0.3, -0.25) is 4.79 Å². The summed E-state index contributed by atoms with van der Waals surface area (Å²) in [5.41, 5.74) is 2.25. The van der Waals surface area contributed by atoms with Gasteiger partial charge in [-0.2, -0.15) is 0 Å². The normalized spacial score (nSPS) is 18.6. The van der Waals surface area contributed by atoms with Crippen molar-refractivity contribution in [1.29, 1.82) is 0 Å². The minimum absolute atomic E-state index is 0.0227. The zero-order chi connectivity index (χ0) is 26.2. The van der Waals surface area contributed by atoms with Crippen LogP contribution in [0.15, 0.2) is 42.5 Å². The number of fused-ring (bicyclic) bond motifs is 4. The number of ether oxygens (including phenoxy) is 2. The fourth-order valence-electron chi connectivity index (χ4n) is 5.78. The highest BCUT2D eigenvalue weighted by atomic mass is 19.1. The molecule has 9 nitrogen and oxygen atoms in total. The number of carbonyl (C=O) groups excluding carboxylic acids is 2. The zero-order valence-electron chi connectivity index (χ0n) is 20.9. The van der Waals surface area contributed by atoms with Gasteiger partial charge in [0.1, 0.15) is 18.2 Å². The van der Waals surface area contributed by atoms with E-state index in [9.17, 15) is 19.1 Å². The molecular formula is C27H31FN4O5. The number of para-hydroxylation sites is 1. The Bertz CT molecular complexity index is 1320. The summed E-state index contributed by atoms with van der Waals surface area (Å²) in [6.45, 7) is 1.05. The van der Waals surface area contributed by atoms with Crippen LogP contribution < -0.4 is 10.1 Å². The van der Waals surface area contributed by atoms with Crippen LogP contribution in [0.5, 0.6) is 5.75 Å². The number of H-pyrrole nitrogens is 1. The van der Waals surface area contributed by atoms with Crippen molar-refractivity contribution < 1.29 is 28.6 Å². The number of likely N-dealkylation sites (tertiary alicyclic amines) is 1. The fourth-order valence-corrected chi connectivity index (χ4v) is 5.78. The maximum atomic E-state index is 14.3. The molecule has 2 aromatic carbocycles. The molecule has 3 amide bonds. The number of piperidine rings is 1. The number of anilines is 1. The molecule has 1 aromatic heterocycles. The van der Waals surface area contributed by atoms with Crippen LogP contribution in [0.2, 0.25) is 0 Å². The van der Waals surface area contributed by atoms with Crippen LogP contribution >= 0.6 is 0 Å². The molecule has 5 rings (SSSR count). The van der Waals surface area contributed by atoms with Crippen LogP contribution in [-0.2, 0) is 14.9 Å². The summed E-state index contributed by atoms with van der Waals surface area (Å²) in [5.74, 6) is 0.0840. The Kier molecular flexibility index (Phi) is 6.78. The first-order valence-electron chi connectivity index (χ1n) is 12.3. The molecule has 1 saturated heterocycles. The Labute approximate surface area is 214 Å². The number of benzene rings is 2. The Morgan fingerprint density at radius 3 is 2.62 bits per heavy atom. The maximum absolute atomic E-state index is 14.3. The Balaban J connectivity index is 1.56. The smallest absolute Gasteiger partial charge is 0.322 e. The Hall–Kier alpha value is -3.63. The second kappa shape index (κ2) is 10.0. The summed E-state index contributed by atoms with van der Waals surface area (Å²) >= 11 is 0. The molecule has 0 saturated carbocycles. The van der Waals surface area contributed by atoms with E-state index in [0.717, 1.165) is 22.2 Å². The lowest BCUT2D eigenvalue weighted by molar-refractivity contribution is -0.137. The molecule has 1 fully saturated rings. The number of aliphatic hydroxyl groups is 1. The van der Waals surface area contributed by atoms with Gasteiger partial charge < -0.3 is 34.7 Å². The summed E-state index contributed by atoms with van der Waals surface area (Å²) in [5, 5.41) is 14.1. The number of aromatic nitrogens is 1. The van der Waals surface area contributed by atoms with Crippen LogP contribution in [0, 0.1) is 5.82 Å². The third-order valence-electron chi connectivity index (χ3n) is 7.64. The van der Waals surface area contributed by atoms with E-state index in [0.29, 0.717) is 38.2 Å². The second-order valence-electron chi connectivity index (χ2n) is 9.66. The summed E-state index contributed by atoms with van der Waals surface area (Å²) in [4.78, 5) is 32.8. The molecule has 196 valence electrons. The van der Waals surface area contributed by atoms with Crippen molar-refractivity contribution in [2.75, 3.05) is 52.4 Å². The van der Waals surface area contributed by atoms with Gasteiger partial charge in [0.05, 0.1) is 25.4 Å². The highest BCUT2D eigenvalue weighted by molar-refractivity contribution is 5.92. The first-order valence-corrected chi connectivity index (χ1v) is 12.3. The molecule has 10 heteroatoms. The summed E-state index contributed by atoms with van der Waals surface area (Å²) in [6, 6.07) is 10.6. The third kappa shape index (κ3) is 4.40. The van der Waals surface area contributed by atoms with E-state index >= 15 is 0 Å². The van der Waals surface area contributed by atoms with E-state index in [1.165, 1.54) is 19.2 Å². The molecule has 2 aliphatic heterocycles. The van der Waals surface area contributed by atoms with Gasteiger partial charge in [-0.1, -0.05) is 12.1 Å². The van der Waals surface area contributed by atoms with Crippen LogP contribution in [0.25, 0.3) is 10.9 Å². The van der Waals surface area contributed by atoms with Gasteiger partial charge in [0.15, 0.2) is 0 Å². The predicted octanol–water partition coefficient (Wildman–Crippen LogP) is 3.40. The van der Waals surface area contributed by atoms with Gasteiger partial charge >= 0.3 is 6.03 Å². The number of halogens is 1. The maximum Gasteiger partial charge on any atom is 0.322 e. The van der Waals surface area contributed by atoms with Gasteiger partial charge in [-0.25, -0.2) is 9.18 Å². The summed E-state index contributed by atoms with van der Waals surface area (Å²) in [7, 11) is 3.10. The molecule has 0 aliphatic carbocycles. The minimum atomic E-state index is -0.654. The number of aromatic amines is 1. The van der Waals surface area contributed by atoms with Crippen molar-refractivity contribution in [3.63, 3.8) is 0 Å². The number of carbonyl (C=O) groups is 2. The van der Waals surface area contributed by atoms with E-state index in [1.54, 1.807) is 29.0 Å². The fraction of sp³-hybridized carbons (Fsp3) is 0.407. The lowest BCUT2D eigenvalue weighted by atomic mass is 9.68. The molecular weight excluding hydrogens is 479 g/mol. The summed E-state index contributed by atoms with van der Waals surface area (Å²) < 4.78 is 24.8. The number of nitrogens with one attached hydrogen (secondary N) is 2. The summed E-state index contributed by atoms with van der Waals surface area (Å²) in [6.07, 6.45) is 1.24. The highest BCUT2D eigenvalue weighted by Crippen LogP contribution is 2.49. The van der Waals surface area contributed by atoms with Crippen molar-refractivity contribution >= 4 is 28.5 Å². The number of rotatable bonds is 5. The van der Waals surface area contributed by atoms with E-state index in [-0.39, 0.29) is 24.8 Å². The second-order valence-corrected chi connectivity index (χ2v) is 9.66. The number of amides is 3. The highest BCUT2D eigenvalue weighted by Gasteiger charge is 2.49. The Morgan fingerprint density at radius 1 is 1.19 bits per heavy atom.